The molecule has 0 bridgehead atoms. The van der Waals surface area contributed by atoms with E-state index in [4.69, 9.17) is 4.74 Å². The van der Waals surface area contributed by atoms with E-state index in [0.29, 0.717) is 0 Å². The van der Waals surface area contributed by atoms with Gasteiger partial charge in [-0.2, -0.15) is 0 Å². The van der Waals surface area contributed by atoms with Gasteiger partial charge in [0.1, 0.15) is 11.5 Å². The Morgan fingerprint density at radius 2 is 1.74 bits per heavy atom. The van der Waals surface area contributed by atoms with Crippen molar-refractivity contribution >= 4 is 15.9 Å². The van der Waals surface area contributed by atoms with Crippen LogP contribution in [0.3, 0.4) is 0 Å². The zero-order chi connectivity index (χ0) is 13.8. The highest BCUT2D eigenvalue weighted by molar-refractivity contribution is 9.10. The number of nitrogens with one attached hydrogen (secondary N) is 1. The maximum Gasteiger partial charge on any atom is 0.131 e. The third-order valence-corrected chi connectivity index (χ3v) is 3.31. The van der Waals surface area contributed by atoms with Gasteiger partial charge in [0.2, 0.25) is 0 Å². The van der Waals surface area contributed by atoms with Crippen LogP contribution in [-0.2, 0) is 6.54 Å². The lowest BCUT2D eigenvalue weighted by atomic mass is 10.1. The van der Waals surface area contributed by atoms with E-state index in [1.807, 2.05) is 19.2 Å². The zero-order valence-electron chi connectivity index (χ0n) is 11.5. The molecule has 2 aromatic carbocycles. The highest BCUT2D eigenvalue weighted by atomic mass is 79.9. The van der Waals surface area contributed by atoms with Gasteiger partial charge in [-0.05, 0) is 62.4 Å². The van der Waals surface area contributed by atoms with Gasteiger partial charge in [-0.25, -0.2) is 0 Å². The molecular weight excluding hydrogens is 302 g/mol. The Bertz CT molecular complexity index is 561. The molecule has 0 aliphatic carbocycles. The van der Waals surface area contributed by atoms with Gasteiger partial charge in [0.05, 0.1) is 0 Å². The number of aryl methyl sites for hydroxylation is 2. The van der Waals surface area contributed by atoms with Crippen LogP contribution in [0.5, 0.6) is 11.5 Å². The number of rotatable bonds is 4. The third kappa shape index (κ3) is 3.82. The monoisotopic (exact) mass is 319 g/mol. The quantitative estimate of drug-likeness (QED) is 0.890. The van der Waals surface area contributed by atoms with E-state index in [0.717, 1.165) is 28.1 Å². The highest BCUT2D eigenvalue weighted by Crippen LogP contribution is 2.29. The predicted molar refractivity (Wildman–Crippen MR) is 82.9 cm³/mol. The van der Waals surface area contributed by atoms with E-state index in [9.17, 15) is 0 Å². The smallest absolute Gasteiger partial charge is 0.131 e. The number of hydrogen-bond acceptors (Lipinski definition) is 2. The van der Waals surface area contributed by atoms with Crippen LogP contribution in [0, 0.1) is 13.8 Å². The Kier molecular flexibility index (Phi) is 4.61. The van der Waals surface area contributed by atoms with Crippen LogP contribution < -0.4 is 10.1 Å². The van der Waals surface area contributed by atoms with Crippen molar-refractivity contribution in [3.05, 3.63) is 57.6 Å². The predicted octanol–water partition coefficient (Wildman–Crippen LogP) is 4.58. The molecule has 1 N–H and O–H groups in total. The van der Waals surface area contributed by atoms with Crippen molar-refractivity contribution in [2.45, 2.75) is 20.4 Å². The van der Waals surface area contributed by atoms with Gasteiger partial charge in [0.15, 0.2) is 0 Å². The summed E-state index contributed by atoms with van der Waals surface area (Å²) in [7, 11) is 1.93. The molecule has 0 amide bonds. The Labute approximate surface area is 122 Å². The molecule has 0 spiro atoms. The van der Waals surface area contributed by atoms with Crippen molar-refractivity contribution in [3.8, 4) is 11.5 Å². The van der Waals surface area contributed by atoms with Crippen LogP contribution in [-0.4, -0.2) is 7.05 Å². The van der Waals surface area contributed by atoms with Crippen LogP contribution in [0.4, 0.5) is 0 Å². The highest BCUT2D eigenvalue weighted by Gasteiger charge is 2.06. The molecule has 0 aromatic heterocycles. The molecule has 3 heteroatoms. The second kappa shape index (κ2) is 6.22. The number of hydrogen-bond donors (Lipinski definition) is 1. The summed E-state index contributed by atoms with van der Waals surface area (Å²) < 4.78 is 7.08. The SMILES string of the molecule is CNCc1cc(Br)ccc1Oc1cc(C)cc(C)c1. The largest absolute Gasteiger partial charge is 0.457 e. The first-order valence-electron chi connectivity index (χ1n) is 6.27. The van der Waals surface area contributed by atoms with Crippen molar-refractivity contribution in [1.29, 1.82) is 0 Å². The van der Waals surface area contributed by atoms with E-state index in [1.54, 1.807) is 0 Å². The van der Waals surface area contributed by atoms with Crippen molar-refractivity contribution < 1.29 is 4.74 Å². The molecule has 2 aromatic rings. The first kappa shape index (κ1) is 14.1. The topological polar surface area (TPSA) is 21.3 Å². The number of ether oxygens (including phenoxy) is 1. The lowest BCUT2D eigenvalue weighted by Gasteiger charge is -2.12. The molecule has 19 heavy (non-hydrogen) atoms. The maximum atomic E-state index is 6.02. The molecule has 0 radical (unpaired) electrons. The molecule has 100 valence electrons. The zero-order valence-corrected chi connectivity index (χ0v) is 13.0. The van der Waals surface area contributed by atoms with E-state index >= 15 is 0 Å². The van der Waals surface area contributed by atoms with E-state index < -0.39 is 0 Å². The Morgan fingerprint density at radius 1 is 1.05 bits per heavy atom. The molecule has 0 heterocycles. The van der Waals surface area contributed by atoms with E-state index in [-0.39, 0.29) is 0 Å². The lowest BCUT2D eigenvalue weighted by Crippen LogP contribution is -2.06. The second-order valence-electron chi connectivity index (χ2n) is 4.71. The van der Waals surface area contributed by atoms with Gasteiger partial charge < -0.3 is 10.1 Å². The van der Waals surface area contributed by atoms with Crippen molar-refractivity contribution in [1.82, 2.24) is 5.32 Å². The molecule has 2 nitrogen and oxygen atoms in total. The van der Waals surface area contributed by atoms with Gasteiger partial charge >= 0.3 is 0 Å². The molecule has 2 rings (SSSR count). The molecule has 0 atom stereocenters. The van der Waals surface area contributed by atoms with Gasteiger partial charge in [-0.3, -0.25) is 0 Å². The Morgan fingerprint density at radius 3 is 2.37 bits per heavy atom. The number of benzene rings is 2. The average molecular weight is 320 g/mol. The molecular formula is C16H18BrNO. The van der Waals surface area contributed by atoms with Crippen molar-refractivity contribution in [2.75, 3.05) is 7.05 Å². The van der Waals surface area contributed by atoms with Crippen LogP contribution in [0.15, 0.2) is 40.9 Å². The average Bonchev–Trinajstić information content (AvgIpc) is 2.32. The Balaban J connectivity index is 2.31. The Hall–Kier alpha value is -1.32. The van der Waals surface area contributed by atoms with E-state index in [1.165, 1.54) is 11.1 Å². The summed E-state index contributed by atoms with van der Waals surface area (Å²) in [6.45, 7) is 4.94. The summed E-state index contributed by atoms with van der Waals surface area (Å²) >= 11 is 3.49. The molecule has 0 aliphatic heterocycles. The van der Waals surface area contributed by atoms with Crippen LogP contribution >= 0.6 is 15.9 Å². The minimum Gasteiger partial charge on any atom is -0.457 e. The second-order valence-corrected chi connectivity index (χ2v) is 5.62. The number of halogens is 1. The third-order valence-electron chi connectivity index (χ3n) is 2.81. The summed E-state index contributed by atoms with van der Waals surface area (Å²) in [4.78, 5) is 0. The van der Waals surface area contributed by atoms with Crippen LogP contribution in [0.25, 0.3) is 0 Å². The summed E-state index contributed by atoms with van der Waals surface area (Å²) in [5.41, 5.74) is 3.56. The van der Waals surface area contributed by atoms with Gasteiger partial charge in [-0.15, -0.1) is 0 Å². The minimum absolute atomic E-state index is 0.777. The molecule has 0 saturated heterocycles. The van der Waals surface area contributed by atoms with Gasteiger partial charge in [0, 0.05) is 16.6 Å². The maximum absolute atomic E-state index is 6.02. The summed E-state index contributed by atoms with van der Waals surface area (Å²) in [6.07, 6.45) is 0. The van der Waals surface area contributed by atoms with Crippen molar-refractivity contribution in [2.24, 2.45) is 0 Å². The van der Waals surface area contributed by atoms with Crippen LogP contribution in [0.2, 0.25) is 0 Å². The first-order chi connectivity index (χ1) is 9.08. The molecule has 0 unspecified atom stereocenters. The normalized spacial score (nSPS) is 10.5. The van der Waals surface area contributed by atoms with Crippen LogP contribution in [0.1, 0.15) is 16.7 Å². The summed E-state index contributed by atoms with van der Waals surface area (Å²) in [5, 5.41) is 3.16. The van der Waals surface area contributed by atoms with Crippen molar-refractivity contribution in [3.63, 3.8) is 0 Å². The van der Waals surface area contributed by atoms with Gasteiger partial charge in [-0.1, -0.05) is 22.0 Å². The fourth-order valence-corrected chi connectivity index (χ4v) is 2.50. The molecule has 0 aliphatic rings. The van der Waals surface area contributed by atoms with Gasteiger partial charge in [0.25, 0.3) is 0 Å². The summed E-state index contributed by atoms with van der Waals surface area (Å²) in [5.74, 6) is 1.78. The fraction of sp³-hybridized carbons (Fsp3) is 0.250. The van der Waals surface area contributed by atoms with E-state index in [2.05, 4.69) is 59.4 Å². The standard InChI is InChI=1S/C16H18BrNO/c1-11-6-12(2)8-15(7-11)19-16-5-4-14(17)9-13(16)10-18-3/h4-9,18H,10H2,1-3H3. The molecule has 0 fully saturated rings. The summed E-state index contributed by atoms with van der Waals surface area (Å²) in [6, 6.07) is 12.3. The molecule has 0 saturated carbocycles. The lowest BCUT2D eigenvalue weighted by molar-refractivity contribution is 0.473. The minimum atomic E-state index is 0.777. The first-order valence-corrected chi connectivity index (χ1v) is 7.07. The fourth-order valence-electron chi connectivity index (χ4n) is 2.09.